The van der Waals surface area contributed by atoms with E-state index in [4.69, 9.17) is 15.0 Å². The van der Waals surface area contributed by atoms with E-state index in [9.17, 15) is 0 Å². The average molecular weight is 321 g/mol. The van der Waals surface area contributed by atoms with Gasteiger partial charge in [-0.3, -0.25) is 0 Å². The molecule has 1 heterocycles. The molecular weight excluding hydrogens is 297 g/mol. The van der Waals surface area contributed by atoms with Crippen molar-refractivity contribution in [2.75, 3.05) is 5.73 Å². The first-order valence-electron chi connectivity index (χ1n) is 8.26. The number of hydrogen-bond donors (Lipinski definition) is 1. The first-order valence-corrected chi connectivity index (χ1v) is 8.26. The summed E-state index contributed by atoms with van der Waals surface area (Å²) in [5.74, 6) is 0. The second-order valence-corrected chi connectivity index (χ2v) is 7.25. The van der Waals surface area contributed by atoms with Crippen LogP contribution in [0, 0.1) is 0 Å². The van der Waals surface area contributed by atoms with Crippen molar-refractivity contribution < 1.29 is 9.31 Å². The number of nitrogen functional groups attached to an aromatic ring is 1. The van der Waals surface area contributed by atoms with Crippen LogP contribution in [0.4, 0.5) is 5.69 Å². The molecule has 1 saturated heterocycles. The minimum absolute atomic E-state index is 0.314. The molecule has 2 aromatic rings. The van der Waals surface area contributed by atoms with Gasteiger partial charge in [-0.1, -0.05) is 48.6 Å². The van der Waals surface area contributed by atoms with Crippen LogP contribution in [-0.4, -0.2) is 18.3 Å². The molecule has 1 aliphatic heterocycles. The molecule has 0 aromatic heterocycles. The molecule has 0 radical (unpaired) electrons. The highest BCUT2D eigenvalue weighted by atomic mass is 16.7. The smallest absolute Gasteiger partial charge is 0.399 e. The van der Waals surface area contributed by atoms with Gasteiger partial charge in [0.2, 0.25) is 0 Å². The van der Waals surface area contributed by atoms with E-state index in [1.807, 2.05) is 24.3 Å². The van der Waals surface area contributed by atoms with Crippen LogP contribution in [0.2, 0.25) is 0 Å². The first kappa shape index (κ1) is 16.8. The molecule has 4 heteroatoms. The van der Waals surface area contributed by atoms with Crippen LogP contribution in [0.1, 0.15) is 38.8 Å². The summed E-state index contributed by atoms with van der Waals surface area (Å²) in [5.41, 5.74) is 9.15. The van der Waals surface area contributed by atoms with Crippen LogP contribution >= 0.6 is 0 Å². The molecular formula is C20H24BNO2. The molecule has 2 N–H and O–H groups in total. The van der Waals surface area contributed by atoms with Gasteiger partial charge in [0.25, 0.3) is 0 Å². The topological polar surface area (TPSA) is 44.5 Å². The Morgan fingerprint density at radius 1 is 0.750 bits per heavy atom. The molecule has 0 bridgehead atoms. The van der Waals surface area contributed by atoms with Crippen LogP contribution in [-0.2, 0) is 9.31 Å². The van der Waals surface area contributed by atoms with Crippen LogP contribution in [0.3, 0.4) is 0 Å². The lowest BCUT2D eigenvalue weighted by atomic mass is 9.79. The highest BCUT2D eigenvalue weighted by Gasteiger charge is 2.51. The number of nitrogens with two attached hydrogens (primary N) is 1. The Morgan fingerprint density at radius 2 is 1.17 bits per heavy atom. The predicted molar refractivity (Wildman–Crippen MR) is 102 cm³/mol. The van der Waals surface area contributed by atoms with E-state index >= 15 is 0 Å². The lowest BCUT2D eigenvalue weighted by molar-refractivity contribution is 0.00578. The zero-order valence-electron chi connectivity index (χ0n) is 14.7. The van der Waals surface area contributed by atoms with Gasteiger partial charge in [0.15, 0.2) is 0 Å². The van der Waals surface area contributed by atoms with Gasteiger partial charge in [-0.15, -0.1) is 0 Å². The van der Waals surface area contributed by atoms with Crippen molar-refractivity contribution in [1.82, 2.24) is 0 Å². The minimum atomic E-state index is -0.315. The molecule has 24 heavy (non-hydrogen) atoms. The third-order valence-corrected chi connectivity index (χ3v) is 4.87. The van der Waals surface area contributed by atoms with E-state index in [0.29, 0.717) is 0 Å². The molecule has 0 unspecified atom stereocenters. The van der Waals surface area contributed by atoms with E-state index in [2.05, 4.69) is 64.1 Å². The number of benzene rings is 2. The highest BCUT2D eigenvalue weighted by molar-refractivity contribution is 6.62. The summed E-state index contributed by atoms with van der Waals surface area (Å²) < 4.78 is 12.2. The van der Waals surface area contributed by atoms with E-state index in [1.54, 1.807) is 0 Å². The third kappa shape index (κ3) is 3.40. The fraction of sp³-hybridized carbons (Fsp3) is 0.300. The van der Waals surface area contributed by atoms with Crippen LogP contribution in [0.15, 0.2) is 48.5 Å². The molecule has 0 saturated carbocycles. The number of hydrogen-bond acceptors (Lipinski definition) is 3. The second-order valence-electron chi connectivity index (χ2n) is 7.25. The van der Waals surface area contributed by atoms with Gasteiger partial charge >= 0.3 is 7.12 Å². The Hall–Kier alpha value is -2.04. The fourth-order valence-corrected chi connectivity index (χ4v) is 2.54. The maximum atomic E-state index is 6.08. The number of rotatable bonds is 3. The molecule has 0 amide bonds. The molecule has 3 nitrogen and oxygen atoms in total. The first-order chi connectivity index (χ1) is 11.3. The van der Waals surface area contributed by atoms with Crippen LogP contribution < -0.4 is 11.2 Å². The van der Waals surface area contributed by atoms with Crippen molar-refractivity contribution in [1.29, 1.82) is 0 Å². The Balaban J connectivity index is 1.71. The molecule has 1 aliphatic rings. The van der Waals surface area contributed by atoms with E-state index in [0.717, 1.165) is 22.3 Å². The predicted octanol–water partition coefficient (Wildman–Crippen LogP) is 3.74. The normalized spacial score (nSPS) is 19.1. The summed E-state index contributed by atoms with van der Waals surface area (Å²) in [4.78, 5) is 0. The lowest BCUT2D eigenvalue weighted by Crippen LogP contribution is -2.41. The van der Waals surface area contributed by atoms with Gasteiger partial charge in [0.1, 0.15) is 0 Å². The zero-order valence-corrected chi connectivity index (χ0v) is 14.7. The summed E-state index contributed by atoms with van der Waals surface area (Å²) in [7, 11) is -0.315. The largest absolute Gasteiger partial charge is 0.494 e. The monoisotopic (exact) mass is 321 g/mol. The molecule has 0 spiro atoms. The molecule has 3 rings (SSSR count). The summed E-state index contributed by atoms with van der Waals surface area (Å²) in [5, 5.41) is 0. The molecule has 2 aromatic carbocycles. The maximum Gasteiger partial charge on any atom is 0.494 e. The van der Waals surface area contributed by atoms with Crippen molar-refractivity contribution in [3.63, 3.8) is 0 Å². The van der Waals surface area contributed by atoms with E-state index in [-0.39, 0.29) is 18.3 Å². The van der Waals surface area contributed by atoms with Gasteiger partial charge in [-0.2, -0.15) is 0 Å². The van der Waals surface area contributed by atoms with Crippen molar-refractivity contribution in [3.05, 3.63) is 59.7 Å². The quantitative estimate of drug-likeness (QED) is 0.532. The van der Waals surface area contributed by atoms with Gasteiger partial charge in [0.05, 0.1) is 11.2 Å². The SMILES string of the molecule is CC1(C)OB(c2ccc(/C=C/c3ccc(N)cc3)cc2)OC1(C)C. The molecule has 1 fully saturated rings. The fourth-order valence-electron chi connectivity index (χ4n) is 2.54. The van der Waals surface area contributed by atoms with E-state index < -0.39 is 0 Å². The highest BCUT2D eigenvalue weighted by Crippen LogP contribution is 2.36. The molecule has 0 aliphatic carbocycles. The summed E-state index contributed by atoms with van der Waals surface area (Å²) in [6.45, 7) is 8.26. The van der Waals surface area contributed by atoms with Crippen molar-refractivity contribution in [2.45, 2.75) is 38.9 Å². The summed E-state index contributed by atoms with van der Waals surface area (Å²) in [6, 6.07) is 16.1. The zero-order chi connectivity index (χ0) is 17.4. The second kappa shape index (κ2) is 6.12. The van der Waals surface area contributed by atoms with Gasteiger partial charge in [0, 0.05) is 5.69 Å². The number of anilines is 1. The standard InChI is InChI=1S/C20H24BNO2/c1-19(2)20(3,4)24-21(23-19)17-11-7-15(8-12-17)5-6-16-9-13-18(22)14-10-16/h5-14H,22H2,1-4H3/b6-5+. The van der Waals surface area contributed by atoms with Crippen molar-refractivity contribution in [2.24, 2.45) is 0 Å². The van der Waals surface area contributed by atoms with Crippen molar-refractivity contribution >= 4 is 30.4 Å². The van der Waals surface area contributed by atoms with Gasteiger partial charge in [-0.25, -0.2) is 0 Å². The maximum absolute atomic E-state index is 6.08. The lowest BCUT2D eigenvalue weighted by Gasteiger charge is -2.32. The van der Waals surface area contributed by atoms with Crippen LogP contribution in [0.5, 0.6) is 0 Å². The third-order valence-electron chi connectivity index (χ3n) is 4.87. The minimum Gasteiger partial charge on any atom is -0.399 e. The Bertz CT molecular complexity index is 717. The Morgan fingerprint density at radius 3 is 1.62 bits per heavy atom. The molecule has 0 atom stereocenters. The van der Waals surface area contributed by atoms with Gasteiger partial charge in [-0.05, 0) is 56.4 Å². The Kier molecular flexibility index (Phi) is 4.28. The molecule has 124 valence electrons. The summed E-state index contributed by atoms with van der Waals surface area (Å²) in [6.07, 6.45) is 4.16. The van der Waals surface area contributed by atoms with Crippen LogP contribution in [0.25, 0.3) is 12.2 Å². The Labute approximate surface area is 144 Å². The summed E-state index contributed by atoms with van der Waals surface area (Å²) >= 11 is 0. The van der Waals surface area contributed by atoms with E-state index in [1.165, 1.54) is 0 Å². The average Bonchev–Trinajstić information content (AvgIpc) is 2.75. The van der Waals surface area contributed by atoms with Gasteiger partial charge < -0.3 is 15.0 Å². The van der Waals surface area contributed by atoms with Crippen molar-refractivity contribution in [3.8, 4) is 0 Å².